The van der Waals surface area contributed by atoms with Crippen LogP contribution in [0.4, 0.5) is 0 Å². The van der Waals surface area contributed by atoms with Gasteiger partial charge in [0.2, 0.25) is 5.91 Å². The van der Waals surface area contributed by atoms with Gasteiger partial charge in [-0.3, -0.25) is 4.79 Å². The van der Waals surface area contributed by atoms with Crippen molar-refractivity contribution in [2.24, 2.45) is 11.7 Å². The van der Waals surface area contributed by atoms with Gasteiger partial charge in [-0.05, 0) is 46.0 Å². The fourth-order valence-electron chi connectivity index (χ4n) is 3.02. The zero-order valence-electron chi connectivity index (χ0n) is 13.3. The SMILES string of the molecule is CC(C)NC(=O)C(C)(N)CC(O)CCC1CCCCC1. The largest absolute Gasteiger partial charge is 0.393 e. The van der Waals surface area contributed by atoms with Crippen LogP contribution in [0.25, 0.3) is 0 Å². The van der Waals surface area contributed by atoms with E-state index in [-0.39, 0.29) is 11.9 Å². The van der Waals surface area contributed by atoms with Crippen LogP contribution in [0.15, 0.2) is 0 Å². The van der Waals surface area contributed by atoms with Gasteiger partial charge in [0.05, 0.1) is 11.6 Å². The Balaban J connectivity index is 2.32. The molecule has 0 radical (unpaired) electrons. The number of nitrogens with one attached hydrogen (secondary N) is 1. The number of nitrogens with two attached hydrogens (primary N) is 1. The third kappa shape index (κ3) is 6.23. The topological polar surface area (TPSA) is 75.4 Å². The average Bonchev–Trinajstić information content (AvgIpc) is 2.36. The van der Waals surface area contributed by atoms with Crippen LogP contribution in [0.3, 0.4) is 0 Å². The molecular formula is C16H32N2O2. The summed E-state index contributed by atoms with van der Waals surface area (Å²) in [6, 6.07) is 0.0738. The van der Waals surface area contributed by atoms with E-state index < -0.39 is 11.6 Å². The molecule has 1 aliphatic rings. The maximum absolute atomic E-state index is 12.0. The number of carbonyl (C=O) groups excluding carboxylic acids is 1. The molecule has 0 heterocycles. The summed E-state index contributed by atoms with van der Waals surface area (Å²) in [6.07, 6.45) is 8.26. The molecule has 1 saturated carbocycles. The van der Waals surface area contributed by atoms with Crippen molar-refractivity contribution in [1.29, 1.82) is 0 Å². The molecule has 1 fully saturated rings. The molecule has 118 valence electrons. The molecule has 4 N–H and O–H groups in total. The number of hydrogen-bond donors (Lipinski definition) is 3. The molecule has 1 amide bonds. The molecule has 0 saturated heterocycles. The molecule has 2 unspecified atom stereocenters. The van der Waals surface area contributed by atoms with E-state index in [1.54, 1.807) is 6.92 Å². The van der Waals surface area contributed by atoms with Crippen LogP contribution in [0.1, 0.15) is 72.1 Å². The molecule has 0 aliphatic heterocycles. The van der Waals surface area contributed by atoms with E-state index in [0.29, 0.717) is 6.42 Å². The zero-order chi connectivity index (χ0) is 15.2. The first-order chi connectivity index (χ1) is 9.31. The molecule has 0 bridgehead atoms. The fraction of sp³-hybridized carbons (Fsp3) is 0.938. The molecule has 1 rings (SSSR count). The number of aliphatic hydroxyl groups excluding tert-OH is 1. The molecule has 4 heteroatoms. The Kier molecular flexibility index (Phi) is 6.96. The summed E-state index contributed by atoms with van der Waals surface area (Å²) in [5.74, 6) is 0.580. The summed E-state index contributed by atoms with van der Waals surface area (Å²) in [4.78, 5) is 12.0. The quantitative estimate of drug-likeness (QED) is 0.671. The van der Waals surface area contributed by atoms with Crippen molar-refractivity contribution in [2.75, 3.05) is 0 Å². The van der Waals surface area contributed by atoms with Crippen LogP contribution in [0, 0.1) is 5.92 Å². The molecule has 0 aromatic heterocycles. The van der Waals surface area contributed by atoms with Gasteiger partial charge in [-0.1, -0.05) is 32.1 Å². The number of carbonyl (C=O) groups is 1. The lowest BCUT2D eigenvalue weighted by molar-refractivity contribution is -0.127. The van der Waals surface area contributed by atoms with Crippen molar-refractivity contribution in [3.63, 3.8) is 0 Å². The molecular weight excluding hydrogens is 252 g/mol. The summed E-state index contributed by atoms with van der Waals surface area (Å²) in [6.45, 7) is 5.52. The predicted molar refractivity (Wildman–Crippen MR) is 82.3 cm³/mol. The summed E-state index contributed by atoms with van der Waals surface area (Å²) < 4.78 is 0. The molecule has 20 heavy (non-hydrogen) atoms. The molecule has 4 nitrogen and oxygen atoms in total. The lowest BCUT2D eigenvalue weighted by Gasteiger charge is -2.28. The van der Waals surface area contributed by atoms with E-state index in [2.05, 4.69) is 5.32 Å². The Bertz CT molecular complexity index is 297. The van der Waals surface area contributed by atoms with E-state index in [1.165, 1.54) is 32.1 Å². The van der Waals surface area contributed by atoms with Crippen LogP contribution in [0.2, 0.25) is 0 Å². The number of hydrogen-bond acceptors (Lipinski definition) is 3. The number of amides is 1. The fourth-order valence-corrected chi connectivity index (χ4v) is 3.02. The number of rotatable bonds is 7. The first-order valence-corrected chi connectivity index (χ1v) is 8.09. The molecule has 0 spiro atoms. The second kappa shape index (κ2) is 7.99. The molecule has 0 aromatic rings. The van der Waals surface area contributed by atoms with Crippen molar-refractivity contribution in [1.82, 2.24) is 5.32 Å². The highest BCUT2D eigenvalue weighted by molar-refractivity contribution is 5.85. The number of aliphatic hydroxyl groups is 1. The normalized spacial score (nSPS) is 21.5. The zero-order valence-corrected chi connectivity index (χ0v) is 13.3. The van der Waals surface area contributed by atoms with Crippen LogP contribution in [0.5, 0.6) is 0 Å². The second-order valence-corrected chi connectivity index (χ2v) is 6.98. The van der Waals surface area contributed by atoms with Gasteiger partial charge < -0.3 is 16.2 Å². The Morgan fingerprint density at radius 3 is 2.50 bits per heavy atom. The summed E-state index contributed by atoms with van der Waals surface area (Å²) in [5.41, 5.74) is 5.06. The third-order valence-corrected chi connectivity index (χ3v) is 4.23. The first kappa shape index (κ1) is 17.4. The van der Waals surface area contributed by atoms with Crippen LogP contribution in [-0.4, -0.2) is 28.7 Å². The first-order valence-electron chi connectivity index (χ1n) is 8.09. The minimum atomic E-state index is -0.990. The lowest BCUT2D eigenvalue weighted by atomic mass is 9.84. The van der Waals surface area contributed by atoms with Crippen LogP contribution >= 0.6 is 0 Å². The van der Waals surface area contributed by atoms with Crippen molar-refractivity contribution < 1.29 is 9.90 Å². The summed E-state index contributed by atoms with van der Waals surface area (Å²) >= 11 is 0. The van der Waals surface area contributed by atoms with E-state index >= 15 is 0 Å². The van der Waals surface area contributed by atoms with Crippen molar-refractivity contribution >= 4 is 5.91 Å². The minimum absolute atomic E-state index is 0.0738. The summed E-state index contributed by atoms with van der Waals surface area (Å²) in [5, 5.41) is 13.0. The van der Waals surface area contributed by atoms with Crippen molar-refractivity contribution in [3.05, 3.63) is 0 Å². The molecule has 1 aliphatic carbocycles. The maximum atomic E-state index is 12.0. The van der Waals surface area contributed by atoms with Gasteiger partial charge in [-0.25, -0.2) is 0 Å². The molecule has 0 aromatic carbocycles. The van der Waals surface area contributed by atoms with E-state index in [4.69, 9.17) is 5.73 Å². The van der Waals surface area contributed by atoms with Gasteiger partial charge >= 0.3 is 0 Å². The standard InChI is InChI=1S/C16H32N2O2/c1-12(2)18-15(20)16(3,17)11-14(19)10-9-13-7-5-4-6-8-13/h12-14,19H,4-11,17H2,1-3H3,(H,18,20). The third-order valence-electron chi connectivity index (χ3n) is 4.23. The Morgan fingerprint density at radius 1 is 1.35 bits per heavy atom. The second-order valence-electron chi connectivity index (χ2n) is 6.98. The highest BCUT2D eigenvalue weighted by atomic mass is 16.3. The van der Waals surface area contributed by atoms with E-state index in [0.717, 1.165) is 18.8 Å². The van der Waals surface area contributed by atoms with Gasteiger partial charge in [-0.15, -0.1) is 0 Å². The highest BCUT2D eigenvalue weighted by Gasteiger charge is 2.31. The highest BCUT2D eigenvalue weighted by Crippen LogP contribution is 2.28. The summed E-state index contributed by atoms with van der Waals surface area (Å²) in [7, 11) is 0. The van der Waals surface area contributed by atoms with E-state index in [1.807, 2.05) is 13.8 Å². The lowest BCUT2D eigenvalue weighted by Crippen LogP contribution is -2.54. The van der Waals surface area contributed by atoms with Gasteiger partial charge in [0.15, 0.2) is 0 Å². The van der Waals surface area contributed by atoms with Crippen LogP contribution < -0.4 is 11.1 Å². The van der Waals surface area contributed by atoms with Gasteiger partial charge in [-0.2, -0.15) is 0 Å². The van der Waals surface area contributed by atoms with Crippen LogP contribution in [-0.2, 0) is 4.79 Å². The van der Waals surface area contributed by atoms with Gasteiger partial charge in [0.1, 0.15) is 0 Å². The molecule has 2 atom stereocenters. The monoisotopic (exact) mass is 284 g/mol. The Morgan fingerprint density at radius 2 is 1.95 bits per heavy atom. The van der Waals surface area contributed by atoms with Crippen molar-refractivity contribution in [2.45, 2.75) is 89.8 Å². The predicted octanol–water partition coefficient (Wildman–Crippen LogP) is 2.34. The Labute approximate surface area is 123 Å². The van der Waals surface area contributed by atoms with Gasteiger partial charge in [0, 0.05) is 6.04 Å². The Hall–Kier alpha value is -0.610. The van der Waals surface area contributed by atoms with Gasteiger partial charge in [0.25, 0.3) is 0 Å². The minimum Gasteiger partial charge on any atom is -0.393 e. The smallest absolute Gasteiger partial charge is 0.240 e. The van der Waals surface area contributed by atoms with E-state index in [9.17, 15) is 9.90 Å². The average molecular weight is 284 g/mol. The maximum Gasteiger partial charge on any atom is 0.240 e. The van der Waals surface area contributed by atoms with Crippen molar-refractivity contribution in [3.8, 4) is 0 Å².